The number of nitrogens with one attached hydrogen (secondary N) is 1. The molecule has 0 saturated heterocycles. The molecule has 0 amide bonds. The van der Waals surface area contributed by atoms with Crippen LogP contribution in [0.5, 0.6) is 0 Å². The van der Waals surface area contributed by atoms with Crippen molar-refractivity contribution in [1.82, 2.24) is 5.32 Å². The largest absolute Gasteiger partial charge is 0.460 e. The maximum atomic E-state index is 12.6. The van der Waals surface area contributed by atoms with Gasteiger partial charge in [0.1, 0.15) is 18.2 Å². The zero-order valence-electron chi connectivity index (χ0n) is 17.3. The second-order valence-corrected chi connectivity index (χ2v) is 7.74. The minimum Gasteiger partial charge on any atom is -0.460 e. The van der Waals surface area contributed by atoms with Gasteiger partial charge in [0.2, 0.25) is 0 Å². The molecule has 1 unspecified atom stereocenters. The first-order valence-electron chi connectivity index (χ1n) is 9.53. The van der Waals surface area contributed by atoms with Crippen molar-refractivity contribution in [1.29, 1.82) is 0 Å². The quantitative estimate of drug-likeness (QED) is 0.380. The van der Waals surface area contributed by atoms with Crippen molar-refractivity contribution in [3.05, 3.63) is 75.8 Å². The van der Waals surface area contributed by atoms with Gasteiger partial charge in [-0.1, -0.05) is 30.3 Å². The van der Waals surface area contributed by atoms with Crippen molar-refractivity contribution >= 4 is 17.6 Å². The Morgan fingerprint density at radius 1 is 1.03 bits per heavy atom. The van der Waals surface area contributed by atoms with Crippen molar-refractivity contribution in [2.24, 2.45) is 0 Å². The predicted octanol–water partition coefficient (Wildman–Crippen LogP) is 3.53. The number of benzene rings is 2. The highest BCUT2D eigenvalue weighted by atomic mass is 16.6. The molecular formula is C22H26N2O6. The molecule has 2 aromatic rings. The summed E-state index contributed by atoms with van der Waals surface area (Å²) in [6, 6.07) is 14.3. The van der Waals surface area contributed by atoms with Gasteiger partial charge in [-0.15, -0.1) is 0 Å². The van der Waals surface area contributed by atoms with Crippen LogP contribution in [0.15, 0.2) is 54.6 Å². The first-order valence-corrected chi connectivity index (χ1v) is 9.53. The molecule has 30 heavy (non-hydrogen) atoms. The molecule has 0 heterocycles. The fourth-order valence-corrected chi connectivity index (χ4v) is 2.59. The van der Waals surface area contributed by atoms with Crippen LogP contribution in [0.4, 0.5) is 5.69 Å². The Labute approximate surface area is 175 Å². The van der Waals surface area contributed by atoms with E-state index >= 15 is 0 Å². The van der Waals surface area contributed by atoms with Gasteiger partial charge in [0.25, 0.3) is 5.69 Å². The van der Waals surface area contributed by atoms with Crippen molar-refractivity contribution in [3.8, 4) is 0 Å². The summed E-state index contributed by atoms with van der Waals surface area (Å²) in [5.74, 6) is -1.12. The summed E-state index contributed by atoms with van der Waals surface area (Å²) < 4.78 is 10.6. The Kier molecular flexibility index (Phi) is 8.06. The van der Waals surface area contributed by atoms with E-state index in [1.807, 2.05) is 30.3 Å². The number of hydrogen-bond donors (Lipinski definition) is 1. The molecular weight excluding hydrogens is 388 g/mol. The first kappa shape index (κ1) is 23.0. The third kappa shape index (κ3) is 8.00. The molecule has 8 nitrogen and oxygen atoms in total. The predicted molar refractivity (Wildman–Crippen MR) is 110 cm³/mol. The Morgan fingerprint density at radius 3 is 2.23 bits per heavy atom. The average molecular weight is 414 g/mol. The smallest absolute Gasteiger partial charge is 0.324 e. The van der Waals surface area contributed by atoms with Crippen LogP contribution in [-0.4, -0.2) is 28.5 Å². The molecule has 0 saturated carbocycles. The minimum atomic E-state index is -0.891. The lowest BCUT2D eigenvalue weighted by Gasteiger charge is -2.22. The van der Waals surface area contributed by atoms with E-state index in [1.165, 1.54) is 24.3 Å². The molecule has 1 N–H and O–H groups in total. The van der Waals surface area contributed by atoms with E-state index in [0.717, 1.165) is 5.56 Å². The molecule has 0 bridgehead atoms. The Morgan fingerprint density at radius 2 is 1.67 bits per heavy atom. The van der Waals surface area contributed by atoms with Gasteiger partial charge in [-0.25, -0.2) is 0 Å². The summed E-state index contributed by atoms with van der Waals surface area (Å²) in [5.41, 5.74) is 0.851. The SMILES string of the molecule is CC(C)(C)OC(=O)CC(NCc1ccccc1)C(=O)OCc1ccc([N+](=O)[O-])cc1. The summed E-state index contributed by atoms with van der Waals surface area (Å²) in [7, 11) is 0. The van der Waals surface area contributed by atoms with Crippen LogP contribution in [-0.2, 0) is 32.2 Å². The van der Waals surface area contributed by atoms with E-state index in [4.69, 9.17) is 9.47 Å². The second kappa shape index (κ2) is 10.5. The van der Waals surface area contributed by atoms with Gasteiger partial charge in [0, 0.05) is 18.7 Å². The van der Waals surface area contributed by atoms with E-state index in [-0.39, 0.29) is 18.7 Å². The lowest BCUT2D eigenvalue weighted by atomic mass is 10.1. The standard InChI is InChI=1S/C22H26N2O6/c1-22(2,3)30-20(25)13-19(23-14-16-7-5-4-6-8-16)21(26)29-15-17-9-11-18(12-10-17)24(27)28/h4-12,19,23H,13-15H2,1-3H3. The number of nitro groups is 1. The molecule has 2 rings (SSSR count). The van der Waals surface area contributed by atoms with Crippen LogP contribution in [0, 0.1) is 10.1 Å². The lowest BCUT2D eigenvalue weighted by Crippen LogP contribution is -2.40. The van der Waals surface area contributed by atoms with Crippen LogP contribution >= 0.6 is 0 Å². The Bertz CT molecular complexity index is 859. The molecule has 8 heteroatoms. The maximum Gasteiger partial charge on any atom is 0.324 e. The fourth-order valence-electron chi connectivity index (χ4n) is 2.59. The molecule has 0 aliphatic carbocycles. The van der Waals surface area contributed by atoms with E-state index in [9.17, 15) is 19.7 Å². The molecule has 0 aromatic heterocycles. The summed E-state index contributed by atoms with van der Waals surface area (Å²) in [4.78, 5) is 35.1. The molecule has 0 aliphatic heterocycles. The number of nitro benzene ring substituents is 1. The highest BCUT2D eigenvalue weighted by Gasteiger charge is 2.26. The van der Waals surface area contributed by atoms with E-state index < -0.39 is 28.5 Å². The van der Waals surface area contributed by atoms with Crippen LogP contribution in [0.3, 0.4) is 0 Å². The molecule has 0 radical (unpaired) electrons. The van der Waals surface area contributed by atoms with Gasteiger partial charge in [-0.05, 0) is 44.0 Å². The Hall–Kier alpha value is -3.26. The zero-order valence-corrected chi connectivity index (χ0v) is 17.3. The van der Waals surface area contributed by atoms with Gasteiger partial charge in [-0.3, -0.25) is 25.0 Å². The number of non-ortho nitro benzene ring substituents is 1. The highest BCUT2D eigenvalue weighted by Crippen LogP contribution is 2.14. The fraction of sp³-hybridized carbons (Fsp3) is 0.364. The maximum absolute atomic E-state index is 12.6. The Balaban J connectivity index is 2.00. The topological polar surface area (TPSA) is 108 Å². The number of nitrogens with zero attached hydrogens (tertiary/aromatic N) is 1. The third-order valence-electron chi connectivity index (χ3n) is 4.00. The highest BCUT2D eigenvalue weighted by molar-refractivity contribution is 5.82. The van der Waals surface area contributed by atoms with Crippen LogP contribution in [0.1, 0.15) is 38.3 Å². The number of carbonyl (C=O) groups excluding carboxylic acids is 2. The average Bonchev–Trinajstić information content (AvgIpc) is 2.69. The third-order valence-corrected chi connectivity index (χ3v) is 4.00. The molecule has 0 fully saturated rings. The lowest BCUT2D eigenvalue weighted by molar-refractivity contribution is -0.384. The van der Waals surface area contributed by atoms with Gasteiger partial charge >= 0.3 is 11.9 Å². The first-order chi connectivity index (χ1) is 14.1. The summed E-state index contributed by atoms with van der Waals surface area (Å²) in [6.07, 6.45) is -0.177. The van der Waals surface area contributed by atoms with Crippen molar-refractivity contribution in [2.45, 2.75) is 52.0 Å². The van der Waals surface area contributed by atoms with Gasteiger partial charge in [-0.2, -0.15) is 0 Å². The van der Waals surface area contributed by atoms with Crippen LogP contribution < -0.4 is 5.32 Å². The number of hydrogen-bond acceptors (Lipinski definition) is 7. The van der Waals surface area contributed by atoms with Crippen molar-refractivity contribution in [3.63, 3.8) is 0 Å². The molecule has 2 aromatic carbocycles. The van der Waals surface area contributed by atoms with Crippen LogP contribution in [0.25, 0.3) is 0 Å². The second-order valence-electron chi connectivity index (χ2n) is 7.74. The summed E-state index contributed by atoms with van der Waals surface area (Å²) in [6.45, 7) is 5.58. The van der Waals surface area contributed by atoms with Crippen molar-refractivity contribution in [2.75, 3.05) is 0 Å². The molecule has 0 aliphatic rings. The number of esters is 2. The molecule has 160 valence electrons. The van der Waals surface area contributed by atoms with Crippen LogP contribution in [0.2, 0.25) is 0 Å². The van der Waals surface area contributed by atoms with Gasteiger partial charge in [0.05, 0.1) is 11.3 Å². The van der Waals surface area contributed by atoms with E-state index in [0.29, 0.717) is 12.1 Å². The van der Waals surface area contributed by atoms with E-state index in [2.05, 4.69) is 5.32 Å². The van der Waals surface area contributed by atoms with E-state index in [1.54, 1.807) is 20.8 Å². The normalized spacial score (nSPS) is 12.1. The zero-order chi connectivity index (χ0) is 22.1. The van der Waals surface area contributed by atoms with Crippen molar-refractivity contribution < 1.29 is 24.0 Å². The number of carbonyl (C=O) groups is 2. The van der Waals surface area contributed by atoms with Gasteiger partial charge < -0.3 is 9.47 Å². The molecule has 0 spiro atoms. The summed E-state index contributed by atoms with van der Waals surface area (Å²) >= 11 is 0. The minimum absolute atomic E-state index is 0.0441. The monoisotopic (exact) mass is 414 g/mol. The summed E-state index contributed by atoms with van der Waals surface area (Å²) in [5, 5.41) is 13.8. The number of rotatable bonds is 9. The number of ether oxygens (including phenoxy) is 2. The van der Waals surface area contributed by atoms with Gasteiger partial charge in [0.15, 0.2) is 0 Å². The molecule has 1 atom stereocenters.